The molecule has 0 heterocycles. The van der Waals surface area contributed by atoms with E-state index in [1.54, 1.807) is 31.2 Å². The highest BCUT2D eigenvalue weighted by Crippen LogP contribution is 2.20. The number of esters is 1. The molecule has 0 fully saturated rings. The average molecular weight is 312 g/mol. The summed E-state index contributed by atoms with van der Waals surface area (Å²) in [5.74, 6) is -0.341. The number of unbranched alkanes of at least 4 members (excludes halogenated alkanes) is 1. The lowest BCUT2D eigenvalue weighted by atomic mass is 10.0. The van der Waals surface area contributed by atoms with Crippen LogP contribution in [-0.2, 0) is 14.6 Å². The van der Waals surface area contributed by atoms with Gasteiger partial charge in [-0.15, -0.1) is 0 Å². The summed E-state index contributed by atoms with van der Waals surface area (Å²) in [7, 11) is -3.15. The van der Waals surface area contributed by atoms with E-state index >= 15 is 0 Å². The van der Waals surface area contributed by atoms with Gasteiger partial charge in [0.05, 0.1) is 11.2 Å². The molecule has 0 saturated heterocycles. The van der Waals surface area contributed by atoms with Crippen LogP contribution in [0.1, 0.15) is 39.5 Å². The third-order valence-electron chi connectivity index (χ3n) is 3.47. The minimum absolute atomic E-state index is 0.310. The van der Waals surface area contributed by atoms with E-state index in [1.807, 2.05) is 13.0 Å². The molecule has 0 aliphatic carbocycles. The van der Waals surface area contributed by atoms with Gasteiger partial charge in [0.25, 0.3) is 0 Å². The van der Waals surface area contributed by atoms with E-state index in [0.29, 0.717) is 18.6 Å². The predicted molar refractivity (Wildman–Crippen MR) is 84.0 cm³/mol. The topological polar surface area (TPSA) is 60.4 Å². The summed E-state index contributed by atoms with van der Waals surface area (Å²) in [6.45, 7) is 3.74. The molecule has 1 aromatic rings. The van der Waals surface area contributed by atoms with Crippen LogP contribution in [0.4, 0.5) is 0 Å². The Balaban J connectivity index is 2.64. The third kappa shape index (κ3) is 6.29. The Morgan fingerprint density at radius 1 is 1.24 bits per heavy atom. The first kappa shape index (κ1) is 17.7. The Kier molecular flexibility index (Phi) is 6.89. The van der Waals surface area contributed by atoms with Crippen LogP contribution in [-0.4, -0.2) is 25.9 Å². The zero-order valence-corrected chi connectivity index (χ0v) is 13.7. The van der Waals surface area contributed by atoms with Gasteiger partial charge in [0.15, 0.2) is 0 Å². The molecule has 0 spiro atoms. The molecule has 1 rings (SSSR count). The van der Waals surface area contributed by atoms with Crippen molar-refractivity contribution in [1.29, 1.82) is 0 Å². The molecular weight excluding hydrogens is 288 g/mol. The van der Waals surface area contributed by atoms with Gasteiger partial charge in [-0.2, -0.15) is 0 Å². The van der Waals surface area contributed by atoms with E-state index in [2.05, 4.69) is 0 Å². The van der Waals surface area contributed by atoms with Crippen molar-refractivity contribution in [2.75, 3.05) is 6.26 Å². The molecule has 0 aromatic heterocycles. The lowest BCUT2D eigenvalue weighted by Gasteiger charge is -2.18. The van der Waals surface area contributed by atoms with Crippen LogP contribution in [0.15, 0.2) is 30.3 Å². The van der Waals surface area contributed by atoms with Crippen LogP contribution in [0.5, 0.6) is 5.75 Å². The Labute approximate surface area is 127 Å². The largest absolute Gasteiger partial charge is 0.426 e. The maximum Gasteiger partial charge on any atom is 0.314 e. The van der Waals surface area contributed by atoms with Crippen molar-refractivity contribution in [2.45, 2.75) is 44.8 Å². The second-order valence-corrected chi connectivity index (χ2v) is 7.79. The maximum absolute atomic E-state index is 12.0. The van der Waals surface area contributed by atoms with E-state index in [9.17, 15) is 13.2 Å². The van der Waals surface area contributed by atoms with Crippen molar-refractivity contribution < 1.29 is 17.9 Å². The van der Waals surface area contributed by atoms with Crippen LogP contribution < -0.4 is 4.74 Å². The predicted octanol–water partition coefficient (Wildman–Crippen LogP) is 3.22. The van der Waals surface area contributed by atoms with Crippen molar-refractivity contribution in [3.63, 3.8) is 0 Å². The molecule has 0 bridgehead atoms. The molecular formula is C16H24O4S. The highest BCUT2D eigenvalue weighted by atomic mass is 32.2. The summed E-state index contributed by atoms with van der Waals surface area (Å²) < 4.78 is 28.9. The lowest BCUT2D eigenvalue weighted by molar-refractivity contribution is -0.138. The second-order valence-electron chi connectivity index (χ2n) is 5.46. The van der Waals surface area contributed by atoms with Gasteiger partial charge in [-0.25, -0.2) is 8.42 Å². The van der Waals surface area contributed by atoms with E-state index in [4.69, 9.17) is 4.74 Å². The second kappa shape index (κ2) is 8.17. The molecule has 0 saturated carbocycles. The molecule has 0 aliphatic heterocycles. The Bertz CT molecular complexity index is 537. The average Bonchev–Trinajstić information content (AvgIpc) is 2.43. The molecule has 1 aromatic carbocycles. The summed E-state index contributed by atoms with van der Waals surface area (Å²) in [6, 6.07) is 8.82. The zero-order valence-electron chi connectivity index (χ0n) is 12.9. The minimum atomic E-state index is -3.15. The Morgan fingerprint density at radius 2 is 1.86 bits per heavy atom. The molecule has 0 N–H and O–H groups in total. The fourth-order valence-corrected chi connectivity index (χ4v) is 3.37. The van der Waals surface area contributed by atoms with E-state index in [0.717, 1.165) is 12.8 Å². The molecule has 0 aliphatic rings. The number of carbonyl (C=O) groups is 1. The molecule has 21 heavy (non-hydrogen) atoms. The number of sulfone groups is 1. The first-order valence-electron chi connectivity index (χ1n) is 7.30. The zero-order chi connectivity index (χ0) is 15.9. The van der Waals surface area contributed by atoms with Gasteiger partial charge in [0.1, 0.15) is 15.6 Å². The SMILES string of the molecule is CCCCC(CC(C)C(=O)Oc1ccccc1)S(C)(=O)=O. The summed E-state index contributed by atoms with van der Waals surface area (Å²) in [4.78, 5) is 12.0. The van der Waals surface area contributed by atoms with Crippen molar-refractivity contribution in [2.24, 2.45) is 5.92 Å². The first-order valence-corrected chi connectivity index (χ1v) is 9.25. The molecule has 0 amide bonds. The number of hydrogen-bond donors (Lipinski definition) is 0. The van der Waals surface area contributed by atoms with Gasteiger partial charge in [0.2, 0.25) is 0 Å². The highest BCUT2D eigenvalue weighted by Gasteiger charge is 2.26. The van der Waals surface area contributed by atoms with Crippen LogP contribution in [0, 0.1) is 5.92 Å². The van der Waals surface area contributed by atoms with Gasteiger partial charge in [0, 0.05) is 6.26 Å². The first-order chi connectivity index (χ1) is 9.84. The Morgan fingerprint density at radius 3 is 2.38 bits per heavy atom. The van der Waals surface area contributed by atoms with Crippen molar-refractivity contribution in [3.05, 3.63) is 30.3 Å². The van der Waals surface area contributed by atoms with Crippen LogP contribution in [0.2, 0.25) is 0 Å². The van der Waals surface area contributed by atoms with E-state index in [-0.39, 0.29) is 5.97 Å². The normalized spacial score (nSPS) is 14.4. The fourth-order valence-electron chi connectivity index (χ4n) is 2.13. The third-order valence-corrected chi connectivity index (χ3v) is 5.10. The molecule has 118 valence electrons. The van der Waals surface area contributed by atoms with E-state index < -0.39 is 21.0 Å². The van der Waals surface area contributed by atoms with Gasteiger partial charge in [-0.1, -0.05) is 44.9 Å². The molecule has 4 nitrogen and oxygen atoms in total. The fraction of sp³-hybridized carbons (Fsp3) is 0.562. The van der Waals surface area contributed by atoms with E-state index in [1.165, 1.54) is 6.26 Å². The van der Waals surface area contributed by atoms with Gasteiger partial charge in [-0.05, 0) is 25.0 Å². The molecule has 5 heteroatoms. The van der Waals surface area contributed by atoms with Gasteiger partial charge in [-0.3, -0.25) is 4.79 Å². The summed E-state index contributed by atoms with van der Waals surface area (Å²) >= 11 is 0. The number of para-hydroxylation sites is 1. The smallest absolute Gasteiger partial charge is 0.314 e. The van der Waals surface area contributed by atoms with Gasteiger partial charge >= 0.3 is 5.97 Å². The highest BCUT2D eigenvalue weighted by molar-refractivity contribution is 7.91. The number of hydrogen-bond acceptors (Lipinski definition) is 4. The quantitative estimate of drug-likeness (QED) is 0.546. The minimum Gasteiger partial charge on any atom is -0.426 e. The molecule has 2 atom stereocenters. The molecule has 2 unspecified atom stereocenters. The standard InChI is InChI=1S/C16H24O4S/c1-4-5-11-15(21(3,18)19)12-13(2)16(17)20-14-9-7-6-8-10-14/h6-10,13,15H,4-5,11-12H2,1-3H3. The van der Waals surface area contributed by atoms with Crippen molar-refractivity contribution >= 4 is 15.8 Å². The Hall–Kier alpha value is -1.36. The maximum atomic E-state index is 12.0. The van der Waals surface area contributed by atoms with Crippen LogP contribution in [0.25, 0.3) is 0 Å². The van der Waals surface area contributed by atoms with Crippen molar-refractivity contribution in [3.8, 4) is 5.75 Å². The number of rotatable bonds is 8. The summed E-state index contributed by atoms with van der Waals surface area (Å²) in [5, 5.41) is -0.476. The van der Waals surface area contributed by atoms with Crippen molar-refractivity contribution in [1.82, 2.24) is 0 Å². The number of carbonyl (C=O) groups excluding carboxylic acids is 1. The number of ether oxygens (including phenoxy) is 1. The van der Waals surface area contributed by atoms with Gasteiger partial charge < -0.3 is 4.74 Å². The summed E-state index contributed by atoms with van der Waals surface area (Å²) in [5.41, 5.74) is 0. The van der Waals surface area contributed by atoms with Crippen LogP contribution in [0.3, 0.4) is 0 Å². The summed E-state index contributed by atoms with van der Waals surface area (Å²) in [6.07, 6.45) is 3.93. The lowest BCUT2D eigenvalue weighted by Crippen LogP contribution is -2.27. The molecule has 0 radical (unpaired) electrons. The monoisotopic (exact) mass is 312 g/mol. The van der Waals surface area contributed by atoms with Crippen LogP contribution >= 0.6 is 0 Å². The number of benzene rings is 1.